The van der Waals surface area contributed by atoms with Crippen molar-refractivity contribution < 1.29 is 23.8 Å². The van der Waals surface area contributed by atoms with E-state index >= 15 is 0 Å². The van der Waals surface area contributed by atoms with Crippen LogP contribution in [0.5, 0.6) is 11.5 Å². The van der Waals surface area contributed by atoms with E-state index in [2.05, 4.69) is 5.32 Å². The smallest absolute Gasteiger partial charge is 0.331 e. The number of rotatable bonds is 5. The van der Waals surface area contributed by atoms with E-state index in [1.165, 1.54) is 13.0 Å². The lowest BCUT2D eigenvalue weighted by Gasteiger charge is -2.18. The monoisotopic (exact) mass is 367 g/mol. The van der Waals surface area contributed by atoms with Gasteiger partial charge in [-0.1, -0.05) is 24.3 Å². The summed E-state index contributed by atoms with van der Waals surface area (Å²) >= 11 is 0. The topological polar surface area (TPSA) is 73.9 Å². The van der Waals surface area contributed by atoms with Crippen LogP contribution < -0.4 is 14.8 Å². The lowest BCUT2D eigenvalue weighted by molar-refractivity contribution is -0.148. The van der Waals surface area contributed by atoms with Crippen molar-refractivity contribution in [3.8, 4) is 11.5 Å². The van der Waals surface area contributed by atoms with Crippen LogP contribution in [0, 0.1) is 6.92 Å². The molecule has 3 rings (SSSR count). The van der Waals surface area contributed by atoms with Gasteiger partial charge in [0.25, 0.3) is 5.91 Å². The fourth-order valence-electron chi connectivity index (χ4n) is 2.54. The summed E-state index contributed by atoms with van der Waals surface area (Å²) in [6, 6.07) is 12.8. The van der Waals surface area contributed by atoms with Gasteiger partial charge in [-0.05, 0) is 49.2 Å². The molecule has 0 bridgehead atoms. The van der Waals surface area contributed by atoms with Crippen LogP contribution in [0.25, 0.3) is 6.08 Å². The van der Waals surface area contributed by atoms with E-state index in [-0.39, 0.29) is 5.91 Å². The quantitative estimate of drug-likeness (QED) is 0.648. The van der Waals surface area contributed by atoms with Crippen molar-refractivity contribution >= 4 is 23.6 Å². The summed E-state index contributed by atoms with van der Waals surface area (Å²) in [6.45, 7) is 4.44. The Morgan fingerprint density at radius 2 is 1.85 bits per heavy atom. The summed E-state index contributed by atoms with van der Waals surface area (Å²) in [5.41, 5.74) is 2.40. The van der Waals surface area contributed by atoms with Crippen molar-refractivity contribution in [3.05, 3.63) is 59.7 Å². The highest BCUT2D eigenvalue weighted by molar-refractivity contribution is 5.97. The minimum absolute atomic E-state index is 0.384. The van der Waals surface area contributed by atoms with Crippen molar-refractivity contribution in [2.45, 2.75) is 20.0 Å². The third-order valence-electron chi connectivity index (χ3n) is 4.04. The number of aryl methyl sites for hydroxylation is 1. The zero-order valence-corrected chi connectivity index (χ0v) is 15.2. The number of ether oxygens (including phenoxy) is 3. The molecule has 1 aliphatic rings. The minimum Gasteiger partial charge on any atom is -0.486 e. The average molecular weight is 367 g/mol. The van der Waals surface area contributed by atoms with Crippen molar-refractivity contribution in [2.75, 3.05) is 18.5 Å². The van der Waals surface area contributed by atoms with Crippen LogP contribution in [0.4, 0.5) is 5.69 Å². The number of esters is 1. The number of hydrogen-bond acceptors (Lipinski definition) is 5. The van der Waals surface area contributed by atoms with Gasteiger partial charge in [-0.2, -0.15) is 0 Å². The third kappa shape index (κ3) is 4.88. The lowest BCUT2D eigenvalue weighted by atomic mass is 10.2. The van der Waals surface area contributed by atoms with Crippen LogP contribution in [0.1, 0.15) is 18.1 Å². The number of para-hydroxylation sites is 1. The average Bonchev–Trinajstić information content (AvgIpc) is 2.68. The first-order valence-corrected chi connectivity index (χ1v) is 8.68. The molecule has 1 aliphatic heterocycles. The van der Waals surface area contributed by atoms with E-state index in [1.807, 2.05) is 31.2 Å². The molecule has 2 aromatic carbocycles. The first-order valence-electron chi connectivity index (χ1n) is 8.68. The van der Waals surface area contributed by atoms with Gasteiger partial charge in [0, 0.05) is 11.8 Å². The number of fused-ring (bicyclic) bond motifs is 1. The molecule has 0 saturated heterocycles. The van der Waals surface area contributed by atoms with Crippen LogP contribution >= 0.6 is 0 Å². The second kappa shape index (κ2) is 8.40. The highest BCUT2D eigenvalue weighted by atomic mass is 16.6. The normalized spacial score (nSPS) is 13.9. The van der Waals surface area contributed by atoms with Crippen molar-refractivity contribution in [2.24, 2.45) is 0 Å². The molecule has 0 aromatic heterocycles. The van der Waals surface area contributed by atoms with Gasteiger partial charge in [-0.15, -0.1) is 0 Å². The molecular formula is C21H21NO5. The molecular weight excluding hydrogens is 346 g/mol. The Labute approximate surface area is 157 Å². The van der Waals surface area contributed by atoms with E-state index in [4.69, 9.17) is 14.2 Å². The number of nitrogens with one attached hydrogen (secondary N) is 1. The van der Waals surface area contributed by atoms with Gasteiger partial charge in [0.05, 0.1) is 0 Å². The molecule has 0 saturated carbocycles. The fourth-order valence-corrected chi connectivity index (χ4v) is 2.54. The Morgan fingerprint density at radius 3 is 2.63 bits per heavy atom. The number of benzene rings is 2. The Bertz CT molecular complexity index is 875. The summed E-state index contributed by atoms with van der Waals surface area (Å²) in [7, 11) is 0. The second-order valence-electron chi connectivity index (χ2n) is 6.12. The van der Waals surface area contributed by atoms with E-state index in [0.29, 0.717) is 30.4 Å². The lowest BCUT2D eigenvalue weighted by Crippen LogP contribution is -2.29. The molecule has 6 nitrogen and oxygen atoms in total. The second-order valence-corrected chi connectivity index (χ2v) is 6.12. The molecule has 0 fully saturated rings. The Hall–Kier alpha value is -3.28. The predicted molar refractivity (Wildman–Crippen MR) is 102 cm³/mol. The van der Waals surface area contributed by atoms with Crippen molar-refractivity contribution in [1.29, 1.82) is 0 Å². The molecule has 1 atom stereocenters. The number of hydrogen-bond donors (Lipinski definition) is 1. The van der Waals surface area contributed by atoms with E-state index in [9.17, 15) is 9.59 Å². The molecule has 1 amide bonds. The van der Waals surface area contributed by atoms with Crippen molar-refractivity contribution in [1.82, 2.24) is 0 Å². The first-order chi connectivity index (χ1) is 13.0. The maximum atomic E-state index is 12.2. The summed E-state index contributed by atoms with van der Waals surface area (Å²) in [4.78, 5) is 24.2. The molecule has 27 heavy (non-hydrogen) atoms. The van der Waals surface area contributed by atoms with Crippen LogP contribution in [0.2, 0.25) is 0 Å². The fraction of sp³-hybridized carbons (Fsp3) is 0.238. The molecule has 2 aromatic rings. The number of carbonyl (C=O) groups excluding carboxylic acids is 2. The zero-order valence-electron chi connectivity index (χ0n) is 15.2. The van der Waals surface area contributed by atoms with Crippen LogP contribution in [0.15, 0.2) is 48.5 Å². The summed E-state index contributed by atoms with van der Waals surface area (Å²) in [6.07, 6.45) is 1.97. The zero-order chi connectivity index (χ0) is 19.2. The standard InChI is InChI=1S/C21H21NO5/c1-14-5-3-4-6-17(14)22-21(24)15(2)27-20(23)10-8-16-7-9-18-19(13-16)26-12-11-25-18/h3-10,13,15H,11-12H2,1-2H3,(H,22,24)/b10-8+. The van der Waals surface area contributed by atoms with E-state index in [0.717, 1.165) is 11.1 Å². The van der Waals surface area contributed by atoms with Gasteiger partial charge in [0.15, 0.2) is 17.6 Å². The van der Waals surface area contributed by atoms with Gasteiger partial charge in [0.1, 0.15) is 13.2 Å². The van der Waals surface area contributed by atoms with Gasteiger partial charge < -0.3 is 19.5 Å². The number of amides is 1. The van der Waals surface area contributed by atoms with Gasteiger partial charge in [-0.25, -0.2) is 4.79 Å². The molecule has 1 unspecified atom stereocenters. The van der Waals surface area contributed by atoms with E-state index in [1.54, 1.807) is 24.3 Å². The summed E-state index contributed by atoms with van der Waals surface area (Å²) in [5, 5.41) is 2.75. The molecule has 6 heteroatoms. The molecule has 140 valence electrons. The minimum atomic E-state index is -0.915. The van der Waals surface area contributed by atoms with Crippen LogP contribution in [-0.4, -0.2) is 31.2 Å². The van der Waals surface area contributed by atoms with Crippen LogP contribution in [-0.2, 0) is 14.3 Å². The highest BCUT2D eigenvalue weighted by Crippen LogP contribution is 2.31. The Kier molecular flexibility index (Phi) is 5.76. The van der Waals surface area contributed by atoms with Gasteiger partial charge >= 0.3 is 5.97 Å². The predicted octanol–water partition coefficient (Wildman–Crippen LogP) is 3.35. The molecule has 0 radical (unpaired) electrons. The molecule has 0 aliphatic carbocycles. The third-order valence-corrected chi connectivity index (χ3v) is 4.04. The van der Waals surface area contributed by atoms with Crippen LogP contribution in [0.3, 0.4) is 0 Å². The van der Waals surface area contributed by atoms with Crippen molar-refractivity contribution in [3.63, 3.8) is 0 Å². The molecule has 1 N–H and O–H groups in total. The summed E-state index contributed by atoms with van der Waals surface area (Å²) < 4.78 is 16.1. The molecule has 0 spiro atoms. The van der Waals surface area contributed by atoms with Gasteiger partial charge in [0.2, 0.25) is 0 Å². The maximum absolute atomic E-state index is 12.2. The number of anilines is 1. The highest BCUT2D eigenvalue weighted by Gasteiger charge is 2.17. The Balaban J connectivity index is 1.56. The Morgan fingerprint density at radius 1 is 1.11 bits per heavy atom. The van der Waals surface area contributed by atoms with E-state index < -0.39 is 12.1 Å². The maximum Gasteiger partial charge on any atom is 0.331 e. The van der Waals surface area contributed by atoms with Gasteiger partial charge in [-0.3, -0.25) is 4.79 Å². The molecule has 1 heterocycles. The first kappa shape index (κ1) is 18.5. The number of carbonyl (C=O) groups is 2. The SMILES string of the molecule is Cc1ccccc1NC(=O)C(C)OC(=O)/C=C/c1ccc2c(c1)OCCO2. The summed E-state index contributed by atoms with van der Waals surface area (Å²) in [5.74, 6) is 0.341. The largest absolute Gasteiger partial charge is 0.486 e.